The Morgan fingerprint density at radius 3 is 2.82 bits per heavy atom. The van der Waals surface area contributed by atoms with Crippen molar-refractivity contribution in [3.8, 4) is 0 Å². The molecule has 0 spiro atoms. The van der Waals surface area contributed by atoms with E-state index in [-0.39, 0.29) is 0 Å². The highest BCUT2D eigenvalue weighted by molar-refractivity contribution is 9.10. The van der Waals surface area contributed by atoms with Crippen LogP contribution < -0.4 is 5.32 Å². The lowest BCUT2D eigenvalue weighted by molar-refractivity contribution is 0.125. The Labute approximate surface area is 121 Å². The fourth-order valence-electron chi connectivity index (χ4n) is 1.26. The van der Waals surface area contributed by atoms with Gasteiger partial charge in [0.25, 0.3) is 0 Å². The van der Waals surface area contributed by atoms with Crippen LogP contribution >= 0.6 is 38.9 Å². The summed E-state index contributed by atoms with van der Waals surface area (Å²) >= 11 is 11.0. The van der Waals surface area contributed by atoms with Gasteiger partial charge < -0.3 is 10.1 Å². The van der Waals surface area contributed by atoms with Crippen molar-refractivity contribution in [2.75, 3.05) is 19.8 Å². The molecule has 0 radical (unpaired) electrons. The Bertz CT molecular complexity index is 311. The van der Waals surface area contributed by atoms with Crippen LogP contribution in [-0.2, 0) is 11.3 Å². The second kappa shape index (κ2) is 8.48. The summed E-state index contributed by atoms with van der Waals surface area (Å²) in [5.74, 6) is 0.716. The molecule has 0 amide bonds. The fraction of sp³-hybridized carbons (Fsp3) is 0.667. The molecular weight excluding hydrogens is 322 g/mol. The third-order valence-corrected chi connectivity index (χ3v) is 4.73. The van der Waals surface area contributed by atoms with Gasteiger partial charge in [-0.25, -0.2) is 0 Å². The van der Waals surface area contributed by atoms with E-state index in [0.29, 0.717) is 5.92 Å². The molecule has 1 N–H and O–H groups in total. The van der Waals surface area contributed by atoms with Crippen LogP contribution in [0.4, 0.5) is 0 Å². The molecule has 0 saturated heterocycles. The SMILES string of the molecule is CC(C)CCOCCNCc1cc(Br)c(Cl)s1. The van der Waals surface area contributed by atoms with Gasteiger partial charge >= 0.3 is 0 Å². The van der Waals surface area contributed by atoms with Gasteiger partial charge in [0, 0.05) is 29.0 Å². The number of nitrogens with one attached hydrogen (secondary N) is 1. The summed E-state index contributed by atoms with van der Waals surface area (Å²) in [5.41, 5.74) is 0. The molecule has 5 heteroatoms. The number of rotatable bonds is 8. The molecule has 0 saturated carbocycles. The van der Waals surface area contributed by atoms with Crippen molar-refractivity contribution < 1.29 is 4.74 Å². The standard InChI is InChI=1S/C12H19BrClNOS/c1-9(2)3-5-16-6-4-15-8-10-7-11(13)12(14)17-10/h7,9,15H,3-6,8H2,1-2H3. The number of thiophene rings is 1. The monoisotopic (exact) mass is 339 g/mol. The van der Waals surface area contributed by atoms with E-state index in [1.165, 1.54) is 4.88 Å². The lowest BCUT2D eigenvalue weighted by Gasteiger charge is -2.06. The second-order valence-corrected chi connectivity index (χ2v) is 6.90. The van der Waals surface area contributed by atoms with Crippen LogP contribution in [0.3, 0.4) is 0 Å². The van der Waals surface area contributed by atoms with Crippen LogP contribution in [0.5, 0.6) is 0 Å². The Hall–Kier alpha value is 0.390. The first kappa shape index (κ1) is 15.4. The van der Waals surface area contributed by atoms with Gasteiger partial charge in [0.2, 0.25) is 0 Å². The first-order valence-corrected chi connectivity index (χ1v) is 7.80. The Morgan fingerprint density at radius 2 is 2.24 bits per heavy atom. The van der Waals surface area contributed by atoms with Gasteiger partial charge in [0.15, 0.2) is 0 Å². The van der Waals surface area contributed by atoms with E-state index >= 15 is 0 Å². The molecule has 98 valence electrons. The molecule has 1 aromatic rings. The summed E-state index contributed by atoms with van der Waals surface area (Å²) in [5, 5.41) is 3.34. The average molecular weight is 341 g/mol. The number of halogens is 2. The number of ether oxygens (including phenoxy) is 1. The largest absolute Gasteiger partial charge is 0.380 e. The molecule has 0 fully saturated rings. The fourth-order valence-corrected chi connectivity index (χ4v) is 3.02. The summed E-state index contributed by atoms with van der Waals surface area (Å²) in [4.78, 5) is 1.24. The van der Waals surface area contributed by atoms with Crippen LogP contribution in [0.2, 0.25) is 4.34 Å². The molecule has 0 aliphatic rings. The number of hydrogen-bond donors (Lipinski definition) is 1. The van der Waals surface area contributed by atoms with Crippen molar-refractivity contribution in [1.82, 2.24) is 5.32 Å². The number of hydrogen-bond acceptors (Lipinski definition) is 3. The molecule has 1 heterocycles. The van der Waals surface area contributed by atoms with E-state index in [4.69, 9.17) is 16.3 Å². The second-order valence-electron chi connectivity index (χ2n) is 4.31. The van der Waals surface area contributed by atoms with Gasteiger partial charge in [-0.15, -0.1) is 11.3 Å². The van der Waals surface area contributed by atoms with Gasteiger partial charge in [-0.05, 0) is 34.3 Å². The summed E-state index contributed by atoms with van der Waals surface area (Å²) in [6, 6.07) is 2.06. The van der Waals surface area contributed by atoms with Gasteiger partial charge in [-0.1, -0.05) is 25.4 Å². The Balaban J connectivity index is 2.01. The summed E-state index contributed by atoms with van der Waals surface area (Å²) < 4.78 is 7.31. The van der Waals surface area contributed by atoms with Crippen LogP contribution in [-0.4, -0.2) is 19.8 Å². The molecular formula is C12H19BrClNOS. The van der Waals surface area contributed by atoms with Crippen molar-refractivity contribution in [1.29, 1.82) is 0 Å². The van der Waals surface area contributed by atoms with Crippen molar-refractivity contribution in [2.45, 2.75) is 26.8 Å². The third kappa shape index (κ3) is 6.77. The smallest absolute Gasteiger partial charge is 0.107 e. The first-order chi connectivity index (χ1) is 8.09. The normalized spacial score (nSPS) is 11.4. The van der Waals surface area contributed by atoms with Crippen molar-refractivity contribution in [3.63, 3.8) is 0 Å². The van der Waals surface area contributed by atoms with Crippen molar-refractivity contribution >= 4 is 38.9 Å². The van der Waals surface area contributed by atoms with E-state index in [2.05, 4.69) is 41.2 Å². The Kier molecular flexibility index (Phi) is 7.71. The molecule has 0 aliphatic heterocycles. The zero-order valence-corrected chi connectivity index (χ0v) is 13.4. The minimum atomic E-state index is 0.716. The highest BCUT2D eigenvalue weighted by atomic mass is 79.9. The predicted molar refractivity (Wildman–Crippen MR) is 79.0 cm³/mol. The average Bonchev–Trinajstić information content (AvgIpc) is 2.56. The maximum Gasteiger partial charge on any atom is 0.107 e. The third-order valence-electron chi connectivity index (χ3n) is 2.26. The van der Waals surface area contributed by atoms with Crippen molar-refractivity contribution in [3.05, 3.63) is 19.8 Å². The summed E-state index contributed by atoms with van der Waals surface area (Å²) in [6.45, 7) is 7.78. The molecule has 0 atom stereocenters. The molecule has 0 aromatic carbocycles. The molecule has 0 unspecified atom stereocenters. The van der Waals surface area contributed by atoms with Gasteiger partial charge in [0.05, 0.1) is 6.61 Å². The van der Waals surface area contributed by atoms with Gasteiger partial charge in [-0.2, -0.15) is 0 Å². The Morgan fingerprint density at radius 1 is 1.47 bits per heavy atom. The van der Waals surface area contributed by atoms with Gasteiger partial charge in [0.1, 0.15) is 4.34 Å². The lowest BCUT2D eigenvalue weighted by atomic mass is 10.1. The maximum atomic E-state index is 5.96. The predicted octanol–water partition coefficient (Wildman–Crippen LogP) is 4.32. The van der Waals surface area contributed by atoms with Crippen molar-refractivity contribution in [2.24, 2.45) is 5.92 Å². The van der Waals surface area contributed by atoms with Crippen LogP contribution in [0.25, 0.3) is 0 Å². The van der Waals surface area contributed by atoms with E-state index in [1.54, 1.807) is 11.3 Å². The summed E-state index contributed by atoms with van der Waals surface area (Å²) in [7, 11) is 0. The molecule has 0 aliphatic carbocycles. The minimum absolute atomic E-state index is 0.716. The van der Waals surface area contributed by atoms with E-state index < -0.39 is 0 Å². The highest BCUT2D eigenvalue weighted by Crippen LogP contribution is 2.31. The van der Waals surface area contributed by atoms with E-state index in [0.717, 1.165) is 41.5 Å². The van der Waals surface area contributed by atoms with Crippen LogP contribution in [0.15, 0.2) is 10.5 Å². The zero-order valence-electron chi connectivity index (χ0n) is 10.3. The van der Waals surface area contributed by atoms with Gasteiger partial charge in [-0.3, -0.25) is 0 Å². The molecule has 17 heavy (non-hydrogen) atoms. The lowest BCUT2D eigenvalue weighted by Crippen LogP contribution is -2.19. The van der Waals surface area contributed by atoms with Crippen LogP contribution in [0, 0.1) is 5.92 Å². The minimum Gasteiger partial charge on any atom is -0.380 e. The molecule has 2 nitrogen and oxygen atoms in total. The maximum absolute atomic E-state index is 5.96. The van der Waals surface area contributed by atoms with E-state index in [1.807, 2.05) is 0 Å². The topological polar surface area (TPSA) is 21.3 Å². The highest BCUT2D eigenvalue weighted by Gasteiger charge is 2.03. The van der Waals surface area contributed by atoms with Crippen LogP contribution in [0.1, 0.15) is 25.1 Å². The van der Waals surface area contributed by atoms with E-state index in [9.17, 15) is 0 Å². The first-order valence-electron chi connectivity index (χ1n) is 5.81. The summed E-state index contributed by atoms with van der Waals surface area (Å²) in [6.07, 6.45) is 1.13. The molecule has 1 rings (SSSR count). The molecule has 1 aromatic heterocycles. The zero-order chi connectivity index (χ0) is 12.7. The quantitative estimate of drug-likeness (QED) is 0.712. The molecule has 0 bridgehead atoms.